The zero-order valence-electron chi connectivity index (χ0n) is 17.7. The number of anilines is 2. The SMILES string of the molecule is CC1CN(C=O)c2ccccc2N(CCCOc2ccc(C(C)(C)C)cc2)C1=O. The Morgan fingerprint density at radius 1 is 1.07 bits per heavy atom. The third kappa shape index (κ3) is 4.78. The van der Waals surface area contributed by atoms with Crippen molar-refractivity contribution in [2.75, 3.05) is 29.5 Å². The summed E-state index contributed by atoms with van der Waals surface area (Å²) >= 11 is 0. The van der Waals surface area contributed by atoms with Crippen LogP contribution in [0.5, 0.6) is 5.75 Å². The lowest BCUT2D eigenvalue weighted by Crippen LogP contribution is -2.37. The van der Waals surface area contributed by atoms with E-state index >= 15 is 0 Å². The first-order valence-corrected chi connectivity index (χ1v) is 10.2. The average Bonchev–Trinajstić information content (AvgIpc) is 2.80. The number of carbonyl (C=O) groups excluding carboxylic acids is 2. The molecule has 1 aliphatic heterocycles. The molecule has 1 aliphatic rings. The molecular weight excluding hydrogens is 364 g/mol. The first-order chi connectivity index (χ1) is 13.8. The van der Waals surface area contributed by atoms with Gasteiger partial charge in [0.05, 0.1) is 23.9 Å². The van der Waals surface area contributed by atoms with E-state index in [9.17, 15) is 9.59 Å². The van der Waals surface area contributed by atoms with Crippen LogP contribution in [0.3, 0.4) is 0 Å². The van der Waals surface area contributed by atoms with Gasteiger partial charge in [-0.3, -0.25) is 9.59 Å². The predicted molar refractivity (Wildman–Crippen MR) is 117 cm³/mol. The largest absolute Gasteiger partial charge is 0.494 e. The van der Waals surface area contributed by atoms with Gasteiger partial charge < -0.3 is 14.5 Å². The van der Waals surface area contributed by atoms with E-state index in [1.54, 1.807) is 9.80 Å². The Balaban J connectivity index is 1.64. The first-order valence-electron chi connectivity index (χ1n) is 10.2. The Bertz CT molecular complexity index is 855. The molecule has 0 N–H and O–H groups in total. The average molecular weight is 395 g/mol. The van der Waals surface area contributed by atoms with Crippen LogP contribution in [0.4, 0.5) is 11.4 Å². The fourth-order valence-corrected chi connectivity index (χ4v) is 3.59. The quantitative estimate of drug-likeness (QED) is 0.539. The Kier molecular flexibility index (Phi) is 6.26. The van der Waals surface area contributed by atoms with Crippen molar-refractivity contribution < 1.29 is 14.3 Å². The summed E-state index contributed by atoms with van der Waals surface area (Å²) in [5.74, 6) is 0.621. The highest BCUT2D eigenvalue weighted by Gasteiger charge is 2.30. The molecule has 1 atom stereocenters. The Hall–Kier alpha value is -2.82. The maximum atomic E-state index is 12.9. The highest BCUT2D eigenvalue weighted by molar-refractivity contribution is 6.02. The minimum Gasteiger partial charge on any atom is -0.494 e. The summed E-state index contributed by atoms with van der Waals surface area (Å²) in [5.41, 5.74) is 2.94. The van der Waals surface area contributed by atoms with Gasteiger partial charge in [0.25, 0.3) is 0 Å². The lowest BCUT2D eigenvalue weighted by Gasteiger charge is -2.24. The molecule has 154 valence electrons. The van der Waals surface area contributed by atoms with E-state index in [4.69, 9.17) is 4.74 Å². The Morgan fingerprint density at radius 3 is 2.34 bits per heavy atom. The monoisotopic (exact) mass is 394 g/mol. The second-order valence-electron chi connectivity index (χ2n) is 8.61. The van der Waals surface area contributed by atoms with Crippen molar-refractivity contribution in [3.05, 3.63) is 54.1 Å². The van der Waals surface area contributed by atoms with Gasteiger partial charge in [-0.2, -0.15) is 0 Å². The third-order valence-electron chi connectivity index (χ3n) is 5.28. The summed E-state index contributed by atoms with van der Waals surface area (Å²) in [6, 6.07) is 15.8. The molecule has 0 fully saturated rings. The van der Waals surface area contributed by atoms with Crippen molar-refractivity contribution in [1.82, 2.24) is 0 Å². The van der Waals surface area contributed by atoms with E-state index in [0.717, 1.165) is 23.5 Å². The van der Waals surface area contributed by atoms with Crippen LogP contribution in [0.1, 0.15) is 39.7 Å². The zero-order chi connectivity index (χ0) is 21.0. The van der Waals surface area contributed by atoms with E-state index in [-0.39, 0.29) is 17.2 Å². The molecule has 2 aromatic rings. The highest BCUT2D eigenvalue weighted by Crippen LogP contribution is 2.33. The topological polar surface area (TPSA) is 49.9 Å². The summed E-state index contributed by atoms with van der Waals surface area (Å²) in [6.07, 6.45) is 1.51. The predicted octanol–water partition coefficient (Wildman–Crippen LogP) is 4.40. The molecule has 3 rings (SSSR count). The molecular formula is C24H30N2O3. The number of ether oxygens (including phenoxy) is 1. The second-order valence-corrected chi connectivity index (χ2v) is 8.61. The van der Waals surface area contributed by atoms with E-state index < -0.39 is 0 Å². The molecule has 1 unspecified atom stereocenters. The fourth-order valence-electron chi connectivity index (χ4n) is 3.59. The summed E-state index contributed by atoms with van der Waals surface area (Å²) < 4.78 is 5.88. The second kappa shape index (κ2) is 8.68. The van der Waals surface area contributed by atoms with Gasteiger partial charge in [0, 0.05) is 13.1 Å². The highest BCUT2D eigenvalue weighted by atomic mass is 16.5. The smallest absolute Gasteiger partial charge is 0.231 e. The lowest BCUT2D eigenvalue weighted by molar-refractivity contribution is -0.121. The number of nitrogens with zero attached hydrogens (tertiary/aromatic N) is 2. The van der Waals surface area contributed by atoms with Crippen LogP contribution in [0.2, 0.25) is 0 Å². The molecule has 0 radical (unpaired) electrons. The summed E-state index contributed by atoms with van der Waals surface area (Å²) in [4.78, 5) is 27.8. The van der Waals surface area contributed by atoms with Crippen molar-refractivity contribution >= 4 is 23.7 Å². The molecule has 1 heterocycles. The molecule has 5 nitrogen and oxygen atoms in total. The van der Waals surface area contributed by atoms with Gasteiger partial charge in [0.1, 0.15) is 5.75 Å². The van der Waals surface area contributed by atoms with Crippen LogP contribution in [-0.2, 0) is 15.0 Å². The number of benzene rings is 2. The third-order valence-corrected chi connectivity index (χ3v) is 5.28. The molecule has 2 aromatic carbocycles. The van der Waals surface area contributed by atoms with Gasteiger partial charge in [-0.1, -0.05) is 52.0 Å². The molecule has 0 aromatic heterocycles. The molecule has 0 bridgehead atoms. The molecule has 2 amide bonds. The van der Waals surface area contributed by atoms with E-state index in [2.05, 4.69) is 32.9 Å². The number of hydrogen-bond donors (Lipinski definition) is 0. The summed E-state index contributed by atoms with van der Waals surface area (Å²) in [7, 11) is 0. The van der Waals surface area contributed by atoms with E-state index in [1.807, 2.05) is 43.3 Å². The maximum Gasteiger partial charge on any atom is 0.231 e. The number of hydrogen-bond acceptors (Lipinski definition) is 3. The molecule has 29 heavy (non-hydrogen) atoms. The lowest BCUT2D eigenvalue weighted by atomic mass is 9.87. The zero-order valence-corrected chi connectivity index (χ0v) is 17.7. The van der Waals surface area contributed by atoms with Gasteiger partial charge >= 0.3 is 0 Å². The van der Waals surface area contributed by atoms with Crippen molar-refractivity contribution in [3.63, 3.8) is 0 Å². The molecule has 0 spiro atoms. The van der Waals surface area contributed by atoms with Crippen LogP contribution in [0.15, 0.2) is 48.5 Å². The van der Waals surface area contributed by atoms with Gasteiger partial charge in [-0.15, -0.1) is 0 Å². The minimum atomic E-state index is -0.251. The molecule has 0 saturated heterocycles. The van der Waals surface area contributed by atoms with E-state index in [1.165, 1.54) is 5.56 Å². The normalized spacial score (nSPS) is 17.0. The van der Waals surface area contributed by atoms with Crippen LogP contribution in [0.25, 0.3) is 0 Å². The Labute approximate surface area is 173 Å². The number of para-hydroxylation sites is 2. The number of fused-ring (bicyclic) bond motifs is 1. The van der Waals surface area contributed by atoms with Gasteiger partial charge in [-0.25, -0.2) is 0 Å². The fraction of sp³-hybridized carbons (Fsp3) is 0.417. The van der Waals surface area contributed by atoms with Gasteiger partial charge in [-0.05, 0) is 41.7 Å². The van der Waals surface area contributed by atoms with E-state index in [0.29, 0.717) is 26.1 Å². The van der Waals surface area contributed by atoms with Crippen molar-refractivity contribution in [2.45, 2.75) is 39.5 Å². The van der Waals surface area contributed by atoms with Crippen LogP contribution >= 0.6 is 0 Å². The van der Waals surface area contributed by atoms with Crippen molar-refractivity contribution in [2.24, 2.45) is 5.92 Å². The summed E-state index contributed by atoms with van der Waals surface area (Å²) in [6.45, 7) is 9.89. The number of rotatable bonds is 6. The number of carbonyl (C=O) groups is 2. The Morgan fingerprint density at radius 2 is 1.72 bits per heavy atom. The molecule has 5 heteroatoms. The first kappa shape index (κ1) is 20.9. The maximum absolute atomic E-state index is 12.9. The van der Waals surface area contributed by atoms with Gasteiger partial charge in [0.15, 0.2) is 0 Å². The molecule has 0 aliphatic carbocycles. The van der Waals surface area contributed by atoms with Crippen molar-refractivity contribution in [3.8, 4) is 5.75 Å². The van der Waals surface area contributed by atoms with Crippen LogP contribution < -0.4 is 14.5 Å². The molecule has 0 saturated carbocycles. The minimum absolute atomic E-state index is 0.0383. The standard InChI is InChI=1S/C24H30N2O3/c1-18-16-25(17-27)21-8-5-6-9-22(21)26(23(18)28)14-7-15-29-20-12-10-19(11-13-20)24(2,3)4/h5-6,8-13,17-18H,7,14-16H2,1-4H3. The van der Waals surface area contributed by atoms with Crippen LogP contribution in [0, 0.1) is 5.92 Å². The van der Waals surface area contributed by atoms with Crippen LogP contribution in [-0.4, -0.2) is 32.0 Å². The summed E-state index contributed by atoms with van der Waals surface area (Å²) in [5, 5.41) is 0. The van der Waals surface area contributed by atoms with Gasteiger partial charge in [0.2, 0.25) is 12.3 Å². The number of amides is 2. The van der Waals surface area contributed by atoms with Crippen molar-refractivity contribution in [1.29, 1.82) is 0 Å².